The van der Waals surface area contributed by atoms with E-state index in [1.54, 1.807) is 19.1 Å². The maximum absolute atomic E-state index is 12.5. The molecule has 0 radical (unpaired) electrons. The van der Waals surface area contributed by atoms with Gasteiger partial charge >= 0.3 is 0 Å². The van der Waals surface area contributed by atoms with Gasteiger partial charge in [0.2, 0.25) is 15.9 Å². The molecule has 2 aromatic rings. The zero-order chi connectivity index (χ0) is 20.5. The Hall–Kier alpha value is -2.09. The lowest BCUT2D eigenvalue weighted by atomic mass is 10.1. The largest absolute Gasteiger partial charge is 0.352 e. The van der Waals surface area contributed by atoms with Crippen molar-refractivity contribution in [3.8, 4) is 0 Å². The summed E-state index contributed by atoms with van der Waals surface area (Å²) in [6.45, 7) is 1.92. The van der Waals surface area contributed by atoms with Crippen LogP contribution in [0.1, 0.15) is 22.8 Å². The van der Waals surface area contributed by atoms with E-state index < -0.39 is 27.8 Å². The summed E-state index contributed by atoms with van der Waals surface area (Å²) >= 11 is 12.0. The van der Waals surface area contributed by atoms with Gasteiger partial charge in [-0.1, -0.05) is 42.3 Å². The monoisotopic (exact) mass is 440 g/mol. The van der Waals surface area contributed by atoms with Gasteiger partial charge < -0.3 is 5.32 Å². The third-order valence-corrected chi connectivity index (χ3v) is 6.85. The van der Waals surface area contributed by atoms with Crippen molar-refractivity contribution < 1.29 is 18.0 Å². The number of halogens is 2. The molecule has 1 fully saturated rings. The van der Waals surface area contributed by atoms with Crippen LogP contribution in [0.25, 0.3) is 0 Å². The van der Waals surface area contributed by atoms with Crippen molar-refractivity contribution in [3.63, 3.8) is 0 Å². The lowest BCUT2D eigenvalue weighted by molar-refractivity contribution is -0.119. The molecule has 9 heteroatoms. The van der Waals surface area contributed by atoms with E-state index in [1.165, 1.54) is 18.2 Å². The molecular formula is C19H18Cl2N2O4S. The Morgan fingerprint density at radius 3 is 2.46 bits per heavy atom. The van der Waals surface area contributed by atoms with Gasteiger partial charge in [0.1, 0.15) is 0 Å². The lowest BCUT2D eigenvalue weighted by Gasteiger charge is -2.17. The molecular weight excluding hydrogens is 423 g/mol. The molecule has 0 bridgehead atoms. The van der Waals surface area contributed by atoms with Gasteiger partial charge in [-0.15, -0.1) is 0 Å². The number of benzene rings is 2. The predicted octanol–water partition coefficient (Wildman–Crippen LogP) is 3.28. The number of hydrogen-bond donors (Lipinski definition) is 1. The highest BCUT2D eigenvalue weighted by Gasteiger charge is 2.42. The van der Waals surface area contributed by atoms with Crippen molar-refractivity contribution in [1.82, 2.24) is 5.32 Å². The molecule has 6 nitrogen and oxygen atoms in total. The second kappa shape index (κ2) is 8.11. The van der Waals surface area contributed by atoms with Crippen LogP contribution in [0.4, 0.5) is 5.69 Å². The van der Waals surface area contributed by atoms with Gasteiger partial charge in [0.25, 0.3) is 5.91 Å². The van der Waals surface area contributed by atoms with Crippen molar-refractivity contribution in [2.24, 2.45) is 5.92 Å². The van der Waals surface area contributed by atoms with Crippen molar-refractivity contribution in [1.29, 1.82) is 0 Å². The van der Waals surface area contributed by atoms with Crippen LogP contribution in [0, 0.1) is 5.92 Å². The molecule has 1 heterocycles. The third-order valence-electron chi connectivity index (χ3n) is 4.40. The van der Waals surface area contributed by atoms with Gasteiger partial charge in [-0.2, -0.15) is 0 Å². The Morgan fingerprint density at radius 1 is 1.18 bits per heavy atom. The van der Waals surface area contributed by atoms with Crippen LogP contribution in [-0.2, 0) is 21.2 Å². The first-order valence-corrected chi connectivity index (χ1v) is 10.9. The van der Waals surface area contributed by atoms with Crippen LogP contribution >= 0.6 is 23.2 Å². The molecule has 1 saturated heterocycles. The van der Waals surface area contributed by atoms with E-state index in [9.17, 15) is 18.0 Å². The maximum Gasteiger partial charge on any atom is 0.252 e. The summed E-state index contributed by atoms with van der Waals surface area (Å²) in [5.74, 6) is -1.84. The van der Waals surface area contributed by atoms with E-state index in [0.717, 1.165) is 9.87 Å². The molecule has 3 rings (SSSR count). The first-order valence-electron chi connectivity index (χ1n) is 8.58. The normalized spacial score (nSPS) is 18.3. The first-order chi connectivity index (χ1) is 13.2. The SMILES string of the molecule is CC1CS(=O)(=O)N(c2ccc(Cl)c(C(=O)NCCc3ccc(Cl)cc3)c2)C1=O. The molecule has 1 unspecified atom stereocenters. The molecule has 0 saturated carbocycles. The van der Waals surface area contributed by atoms with Crippen molar-refractivity contribution in [2.45, 2.75) is 13.3 Å². The summed E-state index contributed by atoms with van der Waals surface area (Å²) in [5, 5.41) is 3.56. The van der Waals surface area contributed by atoms with E-state index in [4.69, 9.17) is 23.2 Å². The highest BCUT2D eigenvalue weighted by molar-refractivity contribution is 7.94. The zero-order valence-electron chi connectivity index (χ0n) is 15.0. The average molecular weight is 441 g/mol. The molecule has 2 amide bonds. The Labute approximate surface area is 173 Å². The van der Waals surface area contributed by atoms with E-state index in [2.05, 4.69) is 5.32 Å². The van der Waals surface area contributed by atoms with Crippen LogP contribution in [0.2, 0.25) is 10.0 Å². The van der Waals surface area contributed by atoms with Gasteiger partial charge in [0.05, 0.1) is 27.9 Å². The van der Waals surface area contributed by atoms with Gasteiger partial charge in [-0.25, -0.2) is 12.7 Å². The molecule has 0 aliphatic carbocycles. The molecule has 1 atom stereocenters. The minimum Gasteiger partial charge on any atom is -0.352 e. The number of nitrogens with zero attached hydrogens (tertiary/aromatic N) is 1. The second-order valence-corrected chi connectivity index (χ2v) is 9.28. The Bertz CT molecular complexity index is 1020. The molecule has 1 N–H and O–H groups in total. The van der Waals surface area contributed by atoms with Crippen molar-refractivity contribution in [2.75, 3.05) is 16.6 Å². The van der Waals surface area contributed by atoms with E-state index in [0.29, 0.717) is 18.0 Å². The highest BCUT2D eigenvalue weighted by atomic mass is 35.5. The summed E-state index contributed by atoms with van der Waals surface area (Å²) in [6.07, 6.45) is 0.594. The second-order valence-electron chi connectivity index (χ2n) is 6.58. The fourth-order valence-corrected chi connectivity index (χ4v) is 5.11. The van der Waals surface area contributed by atoms with Crippen LogP contribution < -0.4 is 9.62 Å². The van der Waals surface area contributed by atoms with Crippen LogP contribution in [0.3, 0.4) is 0 Å². The number of rotatable bonds is 5. The van der Waals surface area contributed by atoms with Gasteiger partial charge in [-0.3, -0.25) is 9.59 Å². The predicted molar refractivity (Wildman–Crippen MR) is 109 cm³/mol. The van der Waals surface area contributed by atoms with Crippen LogP contribution in [0.15, 0.2) is 42.5 Å². The molecule has 1 aliphatic rings. The summed E-state index contributed by atoms with van der Waals surface area (Å²) in [7, 11) is -3.75. The lowest BCUT2D eigenvalue weighted by Crippen LogP contribution is -2.31. The summed E-state index contributed by atoms with van der Waals surface area (Å²) in [6, 6.07) is 11.4. The number of nitrogens with one attached hydrogen (secondary N) is 1. The van der Waals surface area contributed by atoms with Gasteiger partial charge in [0, 0.05) is 11.6 Å². The fourth-order valence-electron chi connectivity index (χ4n) is 2.97. The highest BCUT2D eigenvalue weighted by Crippen LogP contribution is 2.31. The Kier molecular flexibility index (Phi) is 5.98. The molecule has 148 valence electrons. The number of amides is 2. The Balaban J connectivity index is 1.75. The smallest absolute Gasteiger partial charge is 0.252 e. The topological polar surface area (TPSA) is 83.6 Å². The van der Waals surface area contributed by atoms with Crippen molar-refractivity contribution in [3.05, 3.63) is 63.6 Å². The number of carbonyl (C=O) groups is 2. The maximum atomic E-state index is 12.5. The molecule has 1 aliphatic heterocycles. The minimum atomic E-state index is -3.75. The number of carbonyl (C=O) groups excluding carboxylic acids is 2. The first kappa shape index (κ1) is 20.6. The summed E-state index contributed by atoms with van der Waals surface area (Å²) < 4.78 is 25.3. The molecule has 28 heavy (non-hydrogen) atoms. The molecule has 0 spiro atoms. The van der Waals surface area contributed by atoms with Crippen LogP contribution in [-0.4, -0.2) is 32.5 Å². The van der Waals surface area contributed by atoms with Crippen LogP contribution in [0.5, 0.6) is 0 Å². The van der Waals surface area contributed by atoms with E-state index in [-0.39, 0.29) is 22.0 Å². The van der Waals surface area contributed by atoms with E-state index in [1.807, 2.05) is 12.1 Å². The standard InChI is InChI=1S/C19H18Cl2N2O4S/c1-12-11-28(26,27)23(19(12)25)15-6-7-17(21)16(10-15)18(24)22-9-8-13-2-4-14(20)5-3-13/h2-7,10,12H,8-9,11H2,1H3,(H,22,24). The summed E-state index contributed by atoms with van der Waals surface area (Å²) in [4.78, 5) is 24.8. The van der Waals surface area contributed by atoms with Crippen molar-refractivity contribution >= 4 is 50.7 Å². The van der Waals surface area contributed by atoms with E-state index >= 15 is 0 Å². The summed E-state index contributed by atoms with van der Waals surface area (Å²) in [5.41, 5.74) is 1.23. The number of anilines is 1. The Morgan fingerprint density at radius 2 is 1.86 bits per heavy atom. The van der Waals surface area contributed by atoms with Gasteiger partial charge in [0.15, 0.2) is 0 Å². The average Bonchev–Trinajstić information content (AvgIpc) is 2.84. The third kappa shape index (κ3) is 4.32. The quantitative estimate of drug-likeness (QED) is 0.772. The minimum absolute atomic E-state index is 0.109. The molecule has 2 aromatic carbocycles. The fraction of sp³-hybridized carbons (Fsp3) is 0.263. The zero-order valence-corrected chi connectivity index (χ0v) is 17.3. The number of hydrogen-bond acceptors (Lipinski definition) is 4. The van der Waals surface area contributed by atoms with Gasteiger partial charge in [-0.05, 0) is 42.3 Å². The number of sulfonamides is 1. The molecule has 0 aromatic heterocycles.